The number of nitrogens with one attached hydrogen (secondary N) is 2. The van der Waals surface area contributed by atoms with E-state index in [2.05, 4.69) is 35.8 Å². The van der Waals surface area contributed by atoms with Crippen LogP contribution < -0.4 is 10.6 Å². The van der Waals surface area contributed by atoms with E-state index >= 15 is 0 Å². The summed E-state index contributed by atoms with van der Waals surface area (Å²) in [6, 6.07) is 13.5. The van der Waals surface area contributed by atoms with Crippen molar-refractivity contribution in [3.63, 3.8) is 0 Å². The second kappa shape index (κ2) is 7.77. The van der Waals surface area contributed by atoms with Crippen LogP contribution in [0.3, 0.4) is 0 Å². The van der Waals surface area contributed by atoms with E-state index < -0.39 is 0 Å². The van der Waals surface area contributed by atoms with Gasteiger partial charge in [-0.1, -0.05) is 35.9 Å². The maximum atomic E-state index is 12.3. The summed E-state index contributed by atoms with van der Waals surface area (Å²) in [6.45, 7) is 7.57. The van der Waals surface area contributed by atoms with Gasteiger partial charge in [0, 0.05) is 12.6 Å². The maximum Gasteiger partial charge on any atom is 0.224 e. The van der Waals surface area contributed by atoms with Gasteiger partial charge < -0.3 is 10.6 Å². The lowest BCUT2D eigenvalue weighted by Gasteiger charge is -2.17. The lowest BCUT2D eigenvalue weighted by atomic mass is 9.99. The fourth-order valence-electron chi connectivity index (χ4n) is 2.69. The fourth-order valence-corrected chi connectivity index (χ4v) is 2.69. The molecular weight excluding hydrogens is 300 g/mol. The van der Waals surface area contributed by atoms with Gasteiger partial charge in [0.2, 0.25) is 11.8 Å². The van der Waals surface area contributed by atoms with Crippen LogP contribution in [0.25, 0.3) is 0 Å². The van der Waals surface area contributed by atoms with Gasteiger partial charge in [0.15, 0.2) is 0 Å². The van der Waals surface area contributed by atoms with E-state index in [1.807, 2.05) is 26.0 Å². The lowest BCUT2D eigenvalue weighted by Crippen LogP contribution is -2.28. The molecule has 4 heteroatoms. The van der Waals surface area contributed by atoms with E-state index in [0.29, 0.717) is 6.42 Å². The largest absolute Gasteiger partial charge is 0.349 e. The molecule has 0 unspecified atom stereocenters. The van der Waals surface area contributed by atoms with Gasteiger partial charge in [-0.25, -0.2) is 0 Å². The molecule has 2 rings (SSSR count). The van der Waals surface area contributed by atoms with Crippen LogP contribution in [0.15, 0.2) is 42.5 Å². The van der Waals surface area contributed by atoms with E-state index in [0.717, 1.165) is 16.8 Å². The highest BCUT2D eigenvalue weighted by atomic mass is 16.2. The van der Waals surface area contributed by atoms with Crippen LogP contribution in [0.4, 0.5) is 5.69 Å². The fraction of sp³-hybridized carbons (Fsp3) is 0.300. The van der Waals surface area contributed by atoms with Crippen LogP contribution in [0.5, 0.6) is 0 Å². The maximum absolute atomic E-state index is 12.3. The molecule has 1 atom stereocenters. The van der Waals surface area contributed by atoms with Gasteiger partial charge in [0.25, 0.3) is 0 Å². The normalized spacial score (nSPS) is 11.7. The van der Waals surface area contributed by atoms with E-state index in [4.69, 9.17) is 0 Å². The van der Waals surface area contributed by atoms with Crippen molar-refractivity contribution in [2.45, 2.75) is 40.2 Å². The van der Waals surface area contributed by atoms with Crippen LogP contribution in [-0.4, -0.2) is 11.8 Å². The van der Waals surface area contributed by atoms with Crippen LogP contribution in [0, 0.1) is 13.8 Å². The van der Waals surface area contributed by atoms with E-state index in [9.17, 15) is 9.59 Å². The smallest absolute Gasteiger partial charge is 0.224 e. The first kappa shape index (κ1) is 17.7. The monoisotopic (exact) mass is 324 g/mol. The van der Waals surface area contributed by atoms with E-state index in [1.54, 1.807) is 12.1 Å². The van der Waals surface area contributed by atoms with Gasteiger partial charge in [-0.05, 0) is 49.6 Å². The molecule has 0 fully saturated rings. The molecule has 4 nitrogen and oxygen atoms in total. The van der Waals surface area contributed by atoms with Gasteiger partial charge in [-0.15, -0.1) is 0 Å². The Morgan fingerprint density at radius 1 is 1.04 bits per heavy atom. The Bertz CT molecular complexity index is 736. The number of hydrogen-bond donors (Lipinski definition) is 2. The third-order valence-corrected chi connectivity index (χ3v) is 3.92. The first-order valence-electron chi connectivity index (χ1n) is 8.08. The first-order chi connectivity index (χ1) is 11.3. The number of hydrogen-bond acceptors (Lipinski definition) is 2. The summed E-state index contributed by atoms with van der Waals surface area (Å²) in [5.41, 5.74) is 5.15. The number of rotatable bonds is 5. The zero-order valence-corrected chi connectivity index (χ0v) is 14.6. The van der Waals surface area contributed by atoms with Gasteiger partial charge in [0.05, 0.1) is 12.5 Å². The standard InChI is InChI=1S/C20H24N2O2/c1-13-5-6-14(2)19(11-13)15(3)21-20(24)12-17-7-9-18(10-8-17)22-16(4)23/h5-11,15H,12H2,1-4H3,(H,21,24)(H,22,23)/t15-/m1/s1. The quantitative estimate of drug-likeness (QED) is 0.881. The molecule has 0 aliphatic carbocycles. The number of anilines is 1. The van der Waals surface area contributed by atoms with Gasteiger partial charge in [-0.3, -0.25) is 9.59 Å². The minimum atomic E-state index is -0.108. The van der Waals surface area contributed by atoms with Crippen molar-refractivity contribution in [3.8, 4) is 0 Å². The molecule has 0 heterocycles. The van der Waals surface area contributed by atoms with Crippen molar-refractivity contribution in [1.29, 1.82) is 0 Å². The molecule has 126 valence electrons. The molecule has 0 radical (unpaired) electrons. The molecule has 0 spiro atoms. The SMILES string of the molecule is CC(=O)Nc1ccc(CC(=O)N[C@H](C)c2cc(C)ccc2C)cc1. The van der Waals surface area contributed by atoms with E-state index in [-0.39, 0.29) is 17.9 Å². The third kappa shape index (κ3) is 4.95. The Morgan fingerprint density at radius 2 is 1.71 bits per heavy atom. The predicted molar refractivity (Wildman–Crippen MR) is 96.9 cm³/mol. The number of amides is 2. The van der Waals surface area contributed by atoms with Crippen LogP contribution >= 0.6 is 0 Å². The molecule has 0 saturated carbocycles. The molecule has 24 heavy (non-hydrogen) atoms. The predicted octanol–water partition coefficient (Wildman–Crippen LogP) is 3.68. The molecule has 0 bridgehead atoms. The summed E-state index contributed by atoms with van der Waals surface area (Å²) < 4.78 is 0. The zero-order valence-electron chi connectivity index (χ0n) is 14.6. The number of benzene rings is 2. The highest BCUT2D eigenvalue weighted by Gasteiger charge is 2.12. The van der Waals surface area contributed by atoms with Crippen LogP contribution in [0.1, 0.15) is 42.1 Å². The van der Waals surface area contributed by atoms with Gasteiger partial charge in [0.1, 0.15) is 0 Å². The number of carbonyl (C=O) groups excluding carboxylic acids is 2. The highest BCUT2D eigenvalue weighted by Crippen LogP contribution is 2.19. The third-order valence-electron chi connectivity index (χ3n) is 3.92. The minimum absolute atomic E-state index is 0.0179. The summed E-state index contributed by atoms with van der Waals surface area (Å²) in [7, 11) is 0. The van der Waals surface area contributed by atoms with Crippen molar-refractivity contribution in [2.75, 3.05) is 5.32 Å². The average molecular weight is 324 g/mol. The second-order valence-corrected chi connectivity index (χ2v) is 6.20. The summed E-state index contributed by atoms with van der Waals surface area (Å²) in [5, 5.41) is 5.76. The van der Waals surface area contributed by atoms with Gasteiger partial charge >= 0.3 is 0 Å². The summed E-state index contributed by atoms with van der Waals surface area (Å²) in [6.07, 6.45) is 0.315. The second-order valence-electron chi connectivity index (χ2n) is 6.20. The van der Waals surface area contributed by atoms with Crippen molar-refractivity contribution < 1.29 is 9.59 Å². The minimum Gasteiger partial charge on any atom is -0.349 e. The van der Waals surface area contributed by atoms with Crippen molar-refractivity contribution in [3.05, 3.63) is 64.7 Å². The Morgan fingerprint density at radius 3 is 2.33 bits per heavy atom. The van der Waals surface area contributed by atoms with Crippen molar-refractivity contribution in [2.24, 2.45) is 0 Å². The number of carbonyl (C=O) groups is 2. The molecule has 0 aromatic heterocycles. The Hall–Kier alpha value is -2.62. The molecular formula is C20H24N2O2. The molecule has 2 N–H and O–H groups in total. The zero-order chi connectivity index (χ0) is 17.7. The van der Waals surface area contributed by atoms with Crippen molar-refractivity contribution >= 4 is 17.5 Å². The molecule has 0 aliphatic heterocycles. The summed E-state index contributed by atoms with van der Waals surface area (Å²) in [5.74, 6) is -0.126. The molecule has 2 aromatic carbocycles. The van der Waals surface area contributed by atoms with Crippen LogP contribution in [0.2, 0.25) is 0 Å². The average Bonchev–Trinajstić information content (AvgIpc) is 2.51. The lowest BCUT2D eigenvalue weighted by molar-refractivity contribution is -0.121. The van der Waals surface area contributed by atoms with E-state index in [1.165, 1.54) is 18.1 Å². The summed E-state index contributed by atoms with van der Waals surface area (Å²) in [4.78, 5) is 23.3. The molecule has 2 aromatic rings. The molecule has 0 saturated heterocycles. The highest BCUT2D eigenvalue weighted by molar-refractivity contribution is 5.88. The summed E-state index contributed by atoms with van der Waals surface area (Å²) >= 11 is 0. The van der Waals surface area contributed by atoms with Crippen molar-refractivity contribution in [1.82, 2.24) is 5.32 Å². The first-order valence-corrected chi connectivity index (χ1v) is 8.08. The topological polar surface area (TPSA) is 58.2 Å². The van der Waals surface area contributed by atoms with Gasteiger partial charge in [-0.2, -0.15) is 0 Å². The Kier molecular flexibility index (Phi) is 5.74. The van der Waals surface area contributed by atoms with Crippen LogP contribution in [-0.2, 0) is 16.0 Å². The Balaban J connectivity index is 1.97. The molecule has 0 aliphatic rings. The Labute approximate surface area is 143 Å². The molecule has 2 amide bonds. The number of aryl methyl sites for hydroxylation is 2.